The highest BCUT2D eigenvalue weighted by molar-refractivity contribution is 5.92. The van der Waals surface area contributed by atoms with E-state index >= 15 is 0 Å². The number of phenols is 1. The van der Waals surface area contributed by atoms with E-state index in [4.69, 9.17) is 5.11 Å². The van der Waals surface area contributed by atoms with Gasteiger partial charge in [-0.3, -0.25) is 4.68 Å². The summed E-state index contributed by atoms with van der Waals surface area (Å²) in [7, 11) is 1.82. The lowest BCUT2D eigenvalue weighted by atomic mass is 10.0. The summed E-state index contributed by atoms with van der Waals surface area (Å²) >= 11 is 0. The quantitative estimate of drug-likeness (QED) is 0.827. The van der Waals surface area contributed by atoms with Gasteiger partial charge in [0.05, 0.1) is 6.20 Å². The zero-order valence-corrected chi connectivity index (χ0v) is 9.51. The van der Waals surface area contributed by atoms with Crippen LogP contribution in [0.25, 0.3) is 11.1 Å². The fraction of sp³-hybridized carbons (Fsp3) is 0.167. The third kappa shape index (κ3) is 1.87. The van der Waals surface area contributed by atoms with Crippen molar-refractivity contribution >= 4 is 5.97 Å². The highest BCUT2D eigenvalue weighted by atomic mass is 16.4. The smallest absolute Gasteiger partial charge is 0.339 e. The molecule has 0 radical (unpaired) electrons. The molecule has 0 saturated heterocycles. The maximum atomic E-state index is 10.9. The summed E-state index contributed by atoms with van der Waals surface area (Å²) in [6, 6.07) is 4.50. The molecular formula is C12H12N2O3. The minimum atomic E-state index is -1.15. The van der Waals surface area contributed by atoms with Crippen LogP contribution in [0, 0.1) is 6.92 Å². The van der Waals surface area contributed by atoms with Gasteiger partial charge >= 0.3 is 5.97 Å². The number of rotatable bonds is 2. The molecule has 5 nitrogen and oxygen atoms in total. The van der Waals surface area contributed by atoms with E-state index in [0.717, 1.165) is 16.8 Å². The third-order valence-electron chi connectivity index (χ3n) is 2.77. The Morgan fingerprint density at radius 3 is 2.65 bits per heavy atom. The van der Waals surface area contributed by atoms with Crippen molar-refractivity contribution in [3.63, 3.8) is 0 Å². The van der Waals surface area contributed by atoms with Crippen molar-refractivity contribution in [2.75, 3.05) is 0 Å². The van der Waals surface area contributed by atoms with Crippen LogP contribution in [0.15, 0.2) is 24.4 Å². The van der Waals surface area contributed by atoms with Crippen LogP contribution in [0.2, 0.25) is 0 Å². The summed E-state index contributed by atoms with van der Waals surface area (Å²) < 4.78 is 1.71. The van der Waals surface area contributed by atoms with Crippen LogP contribution in [-0.4, -0.2) is 26.0 Å². The lowest BCUT2D eigenvalue weighted by molar-refractivity contribution is 0.0694. The Kier molecular flexibility index (Phi) is 2.59. The first-order valence-electron chi connectivity index (χ1n) is 5.06. The molecule has 1 aromatic carbocycles. The van der Waals surface area contributed by atoms with Crippen molar-refractivity contribution in [2.45, 2.75) is 6.92 Å². The Balaban J connectivity index is 2.58. The molecule has 88 valence electrons. The largest absolute Gasteiger partial charge is 0.507 e. The van der Waals surface area contributed by atoms with Crippen LogP contribution < -0.4 is 0 Å². The van der Waals surface area contributed by atoms with Crippen molar-refractivity contribution in [3.8, 4) is 16.9 Å². The maximum Gasteiger partial charge on any atom is 0.339 e. The summed E-state index contributed by atoms with van der Waals surface area (Å²) in [5.74, 6) is -1.38. The highest BCUT2D eigenvalue weighted by Gasteiger charge is 2.13. The van der Waals surface area contributed by atoms with Crippen molar-refractivity contribution in [1.82, 2.24) is 9.78 Å². The number of benzene rings is 1. The summed E-state index contributed by atoms with van der Waals surface area (Å²) in [4.78, 5) is 10.9. The molecule has 0 unspecified atom stereocenters. The fourth-order valence-corrected chi connectivity index (χ4v) is 1.66. The zero-order chi connectivity index (χ0) is 12.6. The average molecular weight is 232 g/mol. The lowest BCUT2D eigenvalue weighted by Crippen LogP contribution is -1.97. The number of aromatic hydroxyl groups is 1. The second-order valence-corrected chi connectivity index (χ2v) is 3.80. The predicted molar refractivity (Wildman–Crippen MR) is 62.0 cm³/mol. The second-order valence-electron chi connectivity index (χ2n) is 3.80. The first-order valence-corrected chi connectivity index (χ1v) is 5.06. The first kappa shape index (κ1) is 11.2. The number of carboxylic acid groups (broad SMARTS) is 1. The van der Waals surface area contributed by atoms with Gasteiger partial charge in [-0.05, 0) is 24.6 Å². The molecule has 5 heteroatoms. The minimum absolute atomic E-state index is 0.106. The van der Waals surface area contributed by atoms with Crippen LogP contribution in [-0.2, 0) is 7.05 Å². The van der Waals surface area contributed by atoms with Gasteiger partial charge < -0.3 is 10.2 Å². The molecule has 17 heavy (non-hydrogen) atoms. The molecule has 0 saturated carbocycles. The van der Waals surface area contributed by atoms with Crippen molar-refractivity contribution < 1.29 is 15.0 Å². The van der Waals surface area contributed by atoms with Crippen LogP contribution in [0.5, 0.6) is 5.75 Å². The van der Waals surface area contributed by atoms with E-state index in [2.05, 4.69) is 5.10 Å². The van der Waals surface area contributed by atoms with Crippen LogP contribution >= 0.6 is 0 Å². The number of aromatic carboxylic acids is 1. The SMILES string of the molecule is Cc1c(-c2ccc(O)c(C(=O)O)c2)cnn1C. The molecular weight excluding hydrogens is 220 g/mol. The summed E-state index contributed by atoms with van der Waals surface area (Å²) in [5, 5.41) is 22.5. The van der Waals surface area contributed by atoms with Gasteiger partial charge in [-0.15, -0.1) is 0 Å². The molecule has 0 fully saturated rings. The molecule has 0 bridgehead atoms. The fourth-order valence-electron chi connectivity index (χ4n) is 1.66. The van der Waals surface area contributed by atoms with E-state index in [1.165, 1.54) is 12.1 Å². The first-order chi connectivity index (χ1) is 8.00. The second kappa shape index (κ2) is 3.93. The molecule has 0 amide bonds. The van der Waals surface area contributed by atoms with Gasteiger partial charge in [-0.2, -0.15) is 5.10 Å². The van der Waals surface area contributed by atoms with Gasteiger partial charge in [0, 0.05) is 18.3 Å². The number of carboxylic acids is 1. The number of aryl methyl sites for hydroxylation is 1. The van der Waals surface area contributed by atoms with Gasteiger partial charge in [0.25, 0.3) is 0 Å². The number of aromatic nitrogens is 2. The van der Waals surface area contributed by atoms with Crippen LogP contribution in [0.3, 0.4) is 0 Å². The average Bonchev–Trinajstić information content (AvgIpc) is 2.60. The van der Waals surface area contributed by atoms with E-state index in [1.54, 1.807) is 16.9 Å². The molecule has 1 heterocycles. The number of hydrogen-bond acceptors (Lipinski definition) is 3. The highest BCUT2D eigenvalue weighted by Crippen LogP contribution is 2.27. The van der Waals surface area contributed by atoms with E-state index in [-0.39, 0.29) is 11.3 Å². The molecule has 2 N–H and O–H groups in total. The van der Waals surface area contributed by atoms with E-state index in [1.807, 2.05) is 14.0 Å². The monoisotopic (exact) mass is 232 g/mol. The normalized spacial score (nSPS) is 10.5. The Hall–Kier alpha value is -2.30. The molecule has 0 aliphatic rings. The maximum absolute atomic E-state index is 10.9. The zero-order valence-electron chi connectivity index (χ0n) is 9.51. The molecule has 0 spiro atoms. The van der Waals surface area contributed by atoms with E-state index in [0.29, 0.717) is 0 Å². The topological polar surface area (TPSA) is 75.3 Å². The van der Waals surface area contributed by atoms with Gasteiger partial charge in [0.2, 0.25) is 0 Å². The van der Waals surface area contributed by atoms with Crippen LogP contribution in [0.1, 0.15) is 16.1 Å². The predicted octanol–water partition coefficient (Wildman–Crippen LogP) is 1.80. The van der Waals surface area contributed by atoms with Gasteiger partial charge in [0.1, 0.15) is 11.3 Å². The van der Waals surface area contributed by atoms with Crippen molar-refractivity contribution in [2.24, 2.45) is 7.05 Å². The van der Waals surface area contributed by atoms with E-state index < -0.39 is 5.97 Å². The Labute approximate surface area is 97.9 Å². The summed E-state index contributed by atoms with van der Waals surface area (Å²) in [5.41, 5.74) is 2.42. The van der Waals surface area contributed by atoms with E-state index in [9.17, 15) is 9.90 Å². The van der Waals surface area contributed by atoms with Crippen LogP contribution in [0.4, 0.5) is 0 Å². The number of hydrogen-bond donors (Lipinski definition) is 2. The van der Waals surface area contributed by atoms with Crippen molar-refractivity contribution in [1.29, 1.82) is 0 Å². The standard InChI is InChI=1S/C12H12N2O3/c1-7-10(6-13-14(7)2)8-3-4-11(15)9(5-8)12(16)17/h3-6,15H,1-2H3,(H,16,17). The molecule has 2 aromatic rings. The Morgan fingerprint density at radius 2 is 2.12 bits per heavy atom. The molecule has 0 aliphatic heterocycles. The summed E-state index contributed by atoms with van der Waals surface area (Å²) in [6.45, 7) is 1.90. The number of nitrogens with zero attached hydrogens (tertiary/aromatic N) is 2. The van der Waals surface area contributed by atoms with Gasteiger partial charge in [0.15, 0.2) is 0 Å². The molecule has 1 aromatic heterocycles. The van der Waals surface area contributed by atoms with Gasteiger partial charge in [-0.25, -0.2) is 4.79 Å². The minimum Gasteiger partial charge on any atom is -0.507 e. The van der Waals surface area contributed by atoms with Crippen molar-refractivity contribution in [3.05, 3.63) is 35.7 Å². The Bertz CT molecular complexity index is 587. The Morgan fingerprint density at radius 1 is 1.41 bits per heavy atom. The van der Waals surface area contributed by atoms with Gasteiger partial charge in [-0.1, -0.05) is 6.07 Å². The number of carbonyl (C=O) groups is 1. The summed E-state index contributed by atoms with van der Waals surface area (Å²) in [6.07, 6.45) is 1.67. The molecule has 0 atom stereocenters. The molecule has 2 rings (SSSR count). The third-order valence-corrected chi connectivity index (χ3v) is 2.77. The molecule has 0 aliphatic carbocycles. The lowest BCUT2D eigenvalue weighted by Gasteiger charge is -2.04.